The number of carbonyl (C=O) groups is 1. The van der Waals surface area contributed by atoms with E-state index in [1.165, 1.54) is 12.2 Å². The fourth-order valence-electron chi connectivity index (χ4n) is 3.20. The van der Waals surface area contributed by atoms with E-state index in [0.717, 1.165) is 32.4 Å². The van der Waals surface area contributed by atoms with Gasteiger partial charge in [-0.1, -0.05) is 13.8 Å². The van der Waals surface area contributed by atoms with E-state index in [2.05, 4.69) is 23.6 Å². The Labute approximate surface area is 108 Å². The Morgan fingerprint density at radius 3 is 2.53 bits per heavy atom. The molecule has 0 amide bonds. The van der Waals surface area contributed by atoms with E-state index in [1.54, 1.807) is 0 Å². The second kappa shape index (κ2) is 5.19. The zero-order chi connectivity index (χ0) is 12.5. The van der Waals surface area contributed by atoms with Gasteiger partial charge < -0.3 is 5.11 Å². The maximum Gasteiger partial charge on any atom is 0.309 e. The number of nitrogens with zero attached hydrogens (tertiary/aromatic N) is 1. The van der Waals surface area contributed by atoms with Crippen LogP contribution in [0, 0.1) is 5.41 Å². The fraction of sp³-hybridized carbons (Fsp3) is 0.923. The van der Waals surface area contributed by atoms with E-state index in [0.29, 0.717) is 11.3 Å². The van der Waals surface area contributed by atoms with Crippen LogP contribution in [0.3, 0.4) is 0 Å². The van der Waals surface area contributed by atoms with Gasteiger partial charge in [-0.3, -0.25) is 9.69 Å². The summed E-state index contributed by atoms with van der Waals surface area (Å²) in [6.07, 6.45) is 3.70. The van der Waals surface area contributed by atoms with E-state index in [1.807, 2.05) is 6.92 Å². The number of likely N-dealkylation sites (tertiary alicyclic amines) is 1. The molecule has 0 saturated carbocycles. The van der Waals surface area contributed by atoms with Crippen molar-refractivity contribution in [3.63, 3.8) is 0 Å². The third kappa shape index (κ3) is 2.48. The van der Waals surface area contributed by atoms with Gasteiger partial charge in [-0.25, -0.2) is 0 Å². The van der Waals surface area contributed by atoms with Gasteiger partial charge in [-0.05, 0) is 44.5 Å². The molecule has 3 nitrogen and oxygen atoms in total. The molecule has 1 N–H and O–H groups in total. The third-order valence-electron chi connectivity index (χ3n) is 4.69. The molecule has 0 aliphatic carbocycles. The van der Waals surface area contributed by atoms with Gasteiger partial charge in [0.1, 0.15) is 0 Å². The Bertz CT molecular complexity index is 287. The van der Waals surface area contributed by atoms with Gasteiger partial charge in [0.15, 0.2) is 0 Å². The molecule has 2 heterocycles. The van der Waals surface area contributed by atoms with Crippen LogP contribution in [0.25, 0.3) is 0 Å². The van der Waals surface area contributed by atoms with Gasteiger partial charge in [-0.15, -0.1) is 0 Å². The van der Waals surface area contributed by atoms with Crippen LogP contribution in [0.1, 0.15) is 39.5 Å². The highest BCUT2D eigenvalue weighted by atomic mass is 32.2. The molecule has 0 bridgehead atoms. The van der Waals surface area contributed by atoms with Gasteiger partial charge in [0, 0.05) is 11.3 Å². The van der Waals surface area contributed by atoms with Gasteiger partial charge >= 0.3 is 5.97 Å². The molecule has 2 atom stereocenters. The molecule has 4 heteroatoms. The van der Waals surface area contributed by atoms with Crippen molar-refractivity contribution in [1.82, 2.24) is 4.90 Å². The number of carboxylic acids is 1. The van der Waals surface area contributed by atoms with Crippen LogP contribution in [-0.4, -0.2) is 46.1 Å². The Morgan fingerprint density at radius 1 is 1.47 bits per heavy atom. The standard InChI is InChI=1S/C13H23NO2S/c1-3-13(12(15)16)5-7-14(8-6-13)11-4-9-17-10(11)2/h10-11H,3-9H2,1-2H3,(H,15,16). The summed E-state index contributed by atoms with van der Waals surface area (Å²) in [5, 5.41) is 10.1. The Balaban J connectivity index is 1.95. The number of carboxylic acid groups (broad SMARTS) is 1. The summed E-state index contributed by atoms with van der Waals surface area (Å²) in [6.45, 7) is 6.25. The predicted molar refractivity (Wildman–Crippen MR) is 71.5 cm³/mol. The number of piperidine rings is 1. The molecular formula is C13H23NO2S. The van der Waals surface area contributed by atoms with Gasteiger partial charge in [0.05, 0.1) is 5.41 Å². The molecule has 2 unspecified atom stereocenters. The topological polar surface area (TPSA) is 40.5 Å². The first kappa shape index (κ1) is 13.2. The predicted octanol–water partition coefficient (Wildman–Crippen LogP) is 2.46. The maximum absolute atomic E-state index is 11.4. The summed E-state index contributed by atoms with van der Waals surface area (Å²) >= 11 is 2.05. The molecule has 2 aliphatic heterocycles. The number of rotatable bonds is 3. The number of hydrogen-bond acceptors (Lipinski definition) is 3. The Hall–Kier alpha value is -0.220. The lowest BCUT2D eigenvalue weighted by Gasteiger charge is -2.41. The van der Waals surface area contributed by atoms with Crippen molar-refractivity contribution < 1.29 is 9.90 Å². The zero-order valence-electron chi connectivity index (χ0n) is 10.8. The average molecular weight is 257 g/mol. The molecule has 2 rings (SSSR count). The van der Waals surface area contributed by atoms with Crippen LogP contribution >= 0.6 is 11.8 Å². The van der Waals surface area contributed by atoms with Crippen LogP contribution in [0.4, 0.5) is 0 Å². The first-order chi connectivity index (χ1) is 8.09. The third-order valence-corrected chi connectivity index (χ3v) is 6.00. The second-order valence-electron chi connectivity index (χ2n) is 5.41. The van der Waals surface area contributed by atoms with E-state index in [-0.39, 0.29) is 0 Å². The molecule has 0 aromatic rings. The first-order valence-corrected chi connectivity index (χ1v) is 7.73. The summed E-state index contributed by atoms with van der Waals surface area (Å²) < 4.78 is 0. The minimum Gasteiger partial charge on any atom is -0.481 e. The van der Waals surface area contributed by atoms with Crippen LogP contribution in [0.5, 0.6) is 0 Å². The fourth-order valence-corrected chi connectivity index (χ4v) is 4.48. The summed E-state index contributed by atoms with van der Waals surface area (Å²) in [5.74, 6) is 0.675. The monoisotopic (exact) mass is 257 g/mol. The van der Waals surface area contributed by atoms with Gasteiger partial charge in [0.2, 0.25) is 0 Å². The normalized spacial score (nSPS) is 33.8. The van der Waals surface area contributed by atoms with Gasteiger partial charge in [-0.2, -0.15) is 11.8 Å². The largest absolute Gasteiger partial charge is 0.481 e. The van der Waals surface area contributed by atoms with E-state index in [4.69, 9.17) is 0 Å². The zero-order valence-corrected chi connectivity index (χ0v) is 11.6. The second-order valence-corrected chi connectivity index (χ2v) is 6.89. The Kier molecular flexibility index (Phi) is 4.03. The molecule has 0 aromatic heterocycles. The van der Waals surface area contributed by atoms with Crippen molar-refractivity contribution in [2.45, 2.75) is 50.8 Å². The minimum absolute atomic E-state index is 0.439. The molecule has 0 radical (unpaired) electrons. The molecule has 0 aromatic carbocycles. The summed E-state index contributed by atoms with van der Waals surface area (Å²) in [5.41, 5.74) is -0.439. The molecule has 2 fully saturated rings. The highest BCUT2D eigenvalue weighted by Gasteiger charge is 2.42. The minimum atomic E-state index is -0.589. The number of thioether (sulfide) groups is 1. The van der Waals surface area contributed by atoms with E-state index >= 15 is 0 Å². The SMILES string of the molecule is CCC1(C(=O)O)CCN(C2CCSC2C)CC1. The van der Waals surface area contributed by atoms with Crippen molar-refractivity contribution in [2.75, 3.05) is 18.8 Å². The summed E-state index contributed by atoms with van der Waals surface area (Å²) in [7, 11) is 0. The summed E-state index contributed by atoms with van der Waals surface area (Å²) in [6, 6.07) is 0.684. The maximum atomic E-state index is 11.4. The van der Waals surface area contributed by atoms with Crippen molar-refractivity contribution in [3.05, 3.63) is 0 Å². The number of hydrogen-bond donors (Lipinski definition) is 1. The van der Waals surface area contributed by atoms with Crippen molar-refractivity contribution in [1.29, 1.82) is 0 Å². The molecule has 2 aliphatic rings. The quantitative estimate of drug-likeness (QED) is 0.843. The Morgan fingerprint density at radius 2 is 2.12 bits per heavy atom. The summed E-state index contributed by atoms with van der Waals surface area (Å²) in [4.78, 5) is 13.9. The van der Waals surface area contributed by atoms with E-state index in [9.17, 15) is 9.90 Å². The van der Waals surface area contributed by atoms with Crippen LogP contribution in [0.15, 0.2) is 0 Å². The van der Waals surface area contributed by atoms with Crippen molar-refractivity contribution >= 4 is 17.7 Å². The van der Waals surface area contributed by atoms with Gasteiger partial charge in [0.25, 0.3) is 0 Å². The average Bonchev–Trinajstić information content (AvgIpc) is 2.75. The van der Waals surface area contributed by atoms with Crippen LogP contribution in [-0.2, 0) is 4.79 Å². The molecule has 17 heavy (non-hydrogen) atoms. The highest BCUT2D eigenvalue weighted by Crippen LogP contribution is 2.38. The number of aliphatic carboxylic acids is 1. The molecule has 98 valence electrons. The lowest BCUT2D eigenvalue weighted by molar-refractivity contribution is -0.152. The lowest BCUT2D eigenvalue weighted by Crippen LogP contribution is -2.49. The van der Waals surface area contributed by atoms with E-state index < -0.39 is 11.4 Å². The highest BCUT2D eigenvalue weighted by molar-refractivity contribution is 8.00. The molecule has 0 spiro atoms. The van der Waals surface area contributed by atoms with Crippen LogP contribution < -0.4 is 0 Å². The first-order valence-electron chi connectivity index (χ1n) is 6.68. The molecule has 2 saturated heterocycles. The smallest absolute Gasteiger partial charge is 0.309 e. The molecular weight excluding hydrogens is 234 g/mol. The lowest BCUT2D eigenvalue weighted by atomic mass is 9.76. The van der Waals surface area contributed by atoms with Crippen molar-refractivity contribution in [2.24, 2.45) is 5.41 Å². The van der Waals surface area contributed by atoms with Crippen LogP contribution in [0.2, 0.25) is 0 Å². The van der Waals surface area contributed by atoms with Crippen molar-refractivity contribution in [3.8, 4) is 0 Å².